The molecule has 1 saturated heterocycles. The number of aliphatic hydroxyl groups excluding tert-OH is 1. The van der Waals surface area contributed by atoms with Crippen LogP contribution in [0.1, 0.15) is 11.6 Å². The van der Waals surface area contributed by atoms with Crippen LogP contribution < -0.4 is 11.1 Å². The number of hydrogen-bond acceptors (Lipinski definition) is 3. The largest absolute Gasteiger partial charge is 0.377 e. The first-order valence-electron chi connectivity index (χ1n) is 4.03. The molecule has 3 atom stereocenters. The summed E-state index contributed by atoms with van der Waals surface area (Å²) >= 11 is 0. The zero-order valence-corrected chi connectivity index (χ0v) is 6.64. The molecule has 0 radical (unpaired) electrons. The van der Waals surface area contributed by atoms with Gasteiger partial charge >= 0.3 is 0 Å². The number of rotatable bonds is 2. The van der Waals surface area contributed by atoms with Gasteiger partial charge in [-0.25, -0.2) is 0 Å². The van der Waals surface area contributed by atoms with Gasteiger partial charge < -0.3 is 16.2 Å². The summed E-state index contributed by atoms with van der Waals surface area (Å²) in [4.78, 5) is 0. The highest BCUT2D eigenvalue weighted by atomic mass is 16.3. The summed E-state index contributed by atoms with van der Waals surface area (Å²) in [7, 11) is 0. The van der Waals surface area contributed by atoms with Crippen LogP contribution in [0.4, 0.5) is 0 Å². The topological polar surface area (TPSA) is 68.2 Å². The van der Waals surface area contributed by atoms with Crippen molar-refractivity contribution in [2.45, 2.75) is 18.3 Å². The van der Waals surface area contributed by atoms with E-state index in [4.69, 9.17) is 10.8 Å². The molecule has 0 aromatic heterocycles. The maximum Gasteiger partial charge on any atom is 0.119 e. The van der Waals surface area contributed by atoms with E-state index < -0.39 is 6.23 Å². The zero-order valence-electron chi connectivity index (χ0n) is 6.64. The van der Waals surface area contributed by atoms with Crippen molar-refractivity contribution in [3.63, 3.8) is 0 Å². The van der Waals surface area contributed by atoms with Crippen LogP contribution in [-0.4, -0.2) is 17.4 Å². The van der Waals surface area contributed by atoms with E-state index in [-0.39, 0.29) is 12.1 Å². The average Bonchev–Trinajstić information content (AvgIpc) is 2.84. The Morgan fingerprint density at radius 3 is 2.50 bits per heavy atom. The summed E-state index contributed by atoms with van der Waals surface area (Å²) in [6.07, 6.45) is -0.754. The summed E-state index contributed by atoms with van der Waals surface area (Å²) in [5, 5.41) is 12.1. The summed E-state index contributed by atoms with van der Waals surface area (Å²) in [6.45, 7) is 0. The predicted molar refractivity (Wildman–Crippen MR) is 46.3 cm³/mol. The first-order chi connectivity index (χ1) is 5.79. The lowest BCUT2D eigenvalue weighted by atomic mass is 10.1. The molecule has 0 spiro atoms. The Morgan fingerprint density at radius 1 is 1.33 bits per heavy atom. The molecule has 0 aliphatic carbocycles. The number of nitrogens with two attached hydrogens (primary N) is 1. The van der Waals surface area contributed by atoms with Gasteiger partial charge in [0.05, 0.1) is 12.1 Å². The fourth-order valence-electron chi connectivity index (χ4n) is 1.41. The Bertz CT molecular complexity index is 260. The molecule has 1 aromatic rings. The molecule has 0 bridgehead atoms. The smallest absolute Gasteiger partial charge is 0.119 e. The van der Waals surface area contributed by atoms with Gasteiger partial charge in [0.2, 0.25) is 0 Å². The monoisotopic (exact) mass is 164 g/mol. The number of benzene rings is 1. The molecule has 12 heavy (non-hydrogen) atoms. The van der Waals surface area contributed by atoms with Crippen LogP contribution in [0.5, 0.6) is 0 Å². The van der Waals surface area contributed by atoms with Gasteiger partial charge in [-0.15, -0.1) is 0 Å². The average molecular weight is 164 g/mol. The van der Waals surface area contributed by atoms with Crippen molar-refractivity contribution in [2.24, 2.45) is 5.73 Å². The van der Waals surface area contributed by atoms with Gasteiger partial charge in [-0.2, -0.15) is 0 Å². The van der Waals surface area contributed by atoms with Crippen molar-refractivity contribution in [3.05, 3.63) is 35.9 Å². The number of nitrogens with one attached hydrogen (secondary N) is 1. The van der Waals surface area contributed by atoms with Gasteiger partial charge in [-0.3, -0.25) is 0 Å². The Balaban J connectivity index is 2.06. The van der Waals surface area contributed by atoms with Crippen LogP contribution in [0.2, 0.25) is 0 Å². The maximum absolute atomic E-state index is 9.04. The fraction of sp³-hybridized carbons (Fsp3) is 0.333. The molecule has 4 N–H and O–H groups in total. The van der Waals surface area contributed by atoms with Crippen molar-refractivity contribution in [2.75, 3.05) is 0 Å². The van der Waals surface area contributed by atoms with Gasteiger partial charge in [0.25, 0.3) is 0 Å². The molecule has 0 amide bonds. The maximum atomic E-state index is 9.04. The van der Waals surface area contributed by atoms with Crippen molar-refractivity contribution < 1.29 is 5.11 Å². The minimum Gasteiger partial charge on any atom is -0.377 e. The zero-order chi connectivity index (χ0) is 8.55. The van der Waals surface area contributed by atoms with Crippen LogP contribution in [0, 0.1) is 0 Å². The second-order valence-electron chi connectivity index (χ2n) is 3.07. The summed E-state index contributed by atoms with van der Waals surface area (Å²) in [6, 6.07) is 10.3. The predicted octanol–water partition coefficient (Wildman–Crippen LogP) is -0.0234. The van der Waals surface area contributed by atoms with Gasteiger partial charge in [-0.05, 0) is 5.56 Å². The number of hydrogen-bond donors (Lipinski definition) is 3. The van der Waals surface area contributed by atoms with Crippen molar-refractivity contribution in [1.29, 1.82) is 0 Å². The summed E-state index contributed by atoms with van der Waals surface area (Å²) in [5.74, 6) is 0. The van der Waals surface area contributed by atoms with Crippen LogP contribution in [0.15, 0.2) is 30.3 Å². The Morgan fingerprint density at radius 2 is 2.00 bits per heavy atom. The first-order valence-corrected chi connectivity index (χ1v) is 4.03. The van der Waals surface area contributed by atoms with Crippen molar-refractivity contribution in [1.82, 2.24) is 5.32 Å². The highest BCUT2D eigenvalue weighted by molar-refractivity contribution is 5.26. The lowest BCUT2D eigenvalue weighted by molar-refractivity contribution is 0.178. The first kappa shape index (κ1) is 7.73. The minimum atomic E-state index is -0.754. The third kappa shape index (κ3) is 1.34. The van der Waals surface area contributed by atoms with Gasteiger partial charge in [0.1, 0.15) is 6.23 Å². The SMILES string of the molecule is NC(O)C1NC1c1ccccc1. The fourth-order valence-corrected chi connectivity index (χ4v) is 1.41. The summed E-state index contributed by atoms with van der Waals surface area (Å²) in [5.41, 5.74) is 6.51. The molecule has 1 heterocycles. The third-order valence-electron chi connectivity index (χ3n) is 2.15. The Kier molecular flexibility index (Phi) is 1.84. The van der Waals surface area contributed by atoms with Crippen molar-refractivity contribution in [3.8, 4) is 0 Å². The lowest BCUT2D eigenvalue weighted by Crippen LogP contribution is -2.27. The minimum absolute atomic E-state index is 0.0346. The molecule has 1 aliphatic rings. The molecule has 1 aromatic carbocycles. The molecule has 0 saturated carbocycles. The van der Waals surface area contributed by atoms with E-state index in [2.05, 4.69) is 5.32 Å². The van der Waals surface area contributed by atoms with E-state index in [0.717, 1.165) is 0 Å². The standard InChI is InChI=1S/C9H12N2O/c10-9(12)8-7(11-8)6-4-2-1-3-5-6/h1-5,7-9,11-12H,10H2. The molecular formula is C9H12N2O. The lowest BCUT2D eigenvalue weighted by Gasteiger charge is -1.99. The highest BCUT2D eigenvalue weighted by Crippen LogP contribution is 2.30. The van der Waals surface area contributed by atoms with E-state index in [9.17, 15) is 0 Å². The molecule has 3 heteroatoms. The van der Waals surface area contributed by atoms with Crippen LogP contribution in [0.3, 0.4) is 0 Å². The number of aliphatic hydroxyl groups is 1. The highest BCUT2D eigenvalue weighted by Gasteiger charge is 2.40. The molecule has 1 fully saturated rings. The summed E-state index contributed by atoms with van der Waals surface area (Å²) < 4.78 is 0. The second kappa shape index (κ2) is 2.86. The molecule has 3 unspecified atom stereocenters. The molecule has 64 valence electrons. The van der Waals surface area contributed by atoms with Gasteiger partial charge in [0.15, 0.2) is 0 Å². The molecular weight excluding hydrogens is 152 g/mol. The van der Waals surface area contributed by atoms with E-state index in [0.29, 0.717) is 0 Å². The Labute approximate surface area is 71.2 Å². The quantitative estimate of drug-likeness (QED) is 0.425. The van der Waals surface area contributed by atoms with Crippen molar-refractivity contribution >= 4 is 0 Å². The second-order valence-corrected chi connectivity index (χ2v) is 3.07. The van der Waals surface area contributed by atoms with E-state index in [1.165, 1.54) is 5.56 Å². The van der Waals surface area contributed by atoms with E-state index in [1.54, 1.807) is 0 Å². The Hall–Kier alpha value is -0.900. The van der Waals surface area contributed by atoms with E-state index in [1.807, 2.05) is 30.3 Å². The van der Waals surface area contributed by atoms with E-state index >= 15 is 0 Å². The van der Waals surface area contributed by atoms with Crippen LogP contribution in [-0.2, 0) is 0 Å². The normalized spacial score (nSPS) is 29.8. The third-order valence-corrected chi connectivity index (χ3v) is 2.15. The van der Waals surface area contributed by atoms with Crippen LogP contribution in [0.25, 0.3) is 0 Å². The van der Waals surface area contributed by atoms with Gasteiger partial charge in [0, 0.05) is 0 Å². The van der Waals surface area contributed by atoms with Gasteiger partial charge in [-0.1, -0.05) is 30.3 Å². The van der Waals surface area contributed by atoms with Crippen LogP contribution >= 0.6 is 0 Å². The molecule has 3 nitrogen and oxygen atoms in total. The molecule has 1 aliphatic heterocycles. The molecule has 2 rings (SSSR count).